The molecule has 15 heteroatoms. The second kappa shape index (κ2) is 15.8. The summed E-state index contributed by atoms with van der Waals surface area (Å²) in [6, 6.07) is 6.93. The predicted octanol–water partition coefficient (Wildman–Crippen LogP) is 3.41. The predicted molar refractivity (Wildman–Crippen MR) is 157 cm³/mol. The van der Waals surface area contributed by atoms with Crippen LogP contribution < -0.4 is 5.32 Å². The van der Waals surface area contributed by atoms with E-state index < -0.39 is 19.1 Å². The largest absolute Gasteiger partial charge is 0.317 e. The second-order valence-electron chi connectivity index (χ2n) is 9.61. The molecule has 2 aliphatic heterocycles. The van der Waals surface area contributed by atoms with Gasteiger partial charge in [0.1, 0.15) is 20.1 Å². The van der Waals surface area contributed by atoms with Crippen molar-refractivity contribution in [2.75, 3.05) is 54.4 Å². The van der Waals surface area contributed by atoms with Crippen molar-refractivity contribution in [3.05, 3.63) is 47.0 Å². The zero-order valence-electron chi connectivity index (χ0n) is 22.6. The lowest BCUT2D eigenvalue weighted by molar-refractivity contribution is 0.196. The van der Waals surface area contributed by atoms with Gasteiger partial charge in [-0.1, -0.05) is 23.2 Å². The standard InChI is InChI=1S/C12H18ClN3O2S.C7H16N2.C5H3Cl2NO2S/c1-15(2)10-5-7-16(8-6-10)19(17,18)11-3-4-12(13)14-9-11;1-9(2)7-3-5-8-6-4-7;6-5-2-1-4(3-8-5)11(7,9)10/h3-4,9-10H,5-8H2,1-2H3;7-8H,3-6H2,1-2H3;1-3H. The first kappa shape index (κ1) is 34.1. The van der Waals surface area contributed by atoms with Gasteiger partial charge in [0.2, 0.25) is 10.0 Å². The third kappa shape index (κ3) is 11.4. The fraction of sp³-hybridized carbons (Fsp3) is 0.583. The molecule has 0 aliphatic carbocycles. The Hall–Kier alpha value is -1.09. The number of aromatic nitrogens is 2. The highest BCUT2D eigenvalue weighted by molar-refractivity contribution is 8.13. The lowest BCUT2D eigenvalue weighted by Gasteiger charge is -2.34. The van der Waals surface area contributed by atoms with E-state index in [0.717, 1.165) is 25.1 Å². The van der Waals surface area contributed by atoms with Gasteiger partial charge in [0.15, 0.2) is 0 Å². The Balaban J connectivity index is 0.000000226. The summed E-state index contributed by atoms with van der Waals surface area (Å²) >= 11 is 11.1. The molecule has 10 nitrogen and oxygen atoms in total. The molecule has 4 heterocycles. The monoisotopic (exact) mass is 642 g/mol. The first-order valence-electron chi connectivity index (χ1n) is 12.4. The molecular weight excluding hydrogens is 607 g/mol. The molecule has 4 rings (SSSR count). The van der Waals surface area contributed by atoms with E-state index in [9.17, 15) is 16.8 Å². The fourth-order valence-electron chi connectivity index (χ4n) is 4.09. The van der Waals surface area contributed by atoms with E-state index in [1.54, 1.807) is 0 Å². The summed E-state index contributed by atoms with van der Waals surface area (Å²) in [5.74, 6) is 0. The molecule has 220 valence electrons. The average molecular weight is 644 g/mol. The molecule has 0 unspecified atom stereocenters. The summed E-state index contributed by atoms with van der Waals surface area (Å²) in [5, 5.41) is 3.87. The lowest BCUT2D eigenvalue weighted by Crippen LogP contribution is -2.44. The van der Waals surface area contributed by atoms with Crippen molar-refractivity contribution in [1.29, 1.82) is 0 Å². The van der Waals surface area contributed by atoms with E-state index in [1.807, 2.05) is 14.1 Å². The van der Waals surface area contributed by atoms with Crippen molar-refractivity contribution in [2.45, 2.75) is 47.6 Å². The number of hydrogen-bond donors (Lipinski definition) is 1. The van der Waals surface area contributed by atoms with Crippen molar-refractivity contribution >= 4 is 53.0 Å². The van der Waals surface area contributed by atoms with E-state index in [4.69, 9.17) is 33.9 Å². The molecule has 0 bridgehead atoms. The molecule has 2 saturated heterocycles. The average Bonchev–Trinajstić information content (AvgIpc) is 2.90. The van der Waals surface area contributed by atoms with Gasteiger partial charge >= 0.3 is 0 Å². The highest BCUT2D eigenvalue weighted by Gasteiger charge is 2.30. The molecule has 0 aromatic carbocycles. The number of hydrogen-bond acceptors (Lipinski definition) is 9. The van der Waals surface area contributed by atoms with Crippen molar-refractivity contribution in [1.82, 2.24) is 29.4 Å². The fourth-order valence-corrected chi connectivity index (χ4v) is 6.41. The van der Waals surface area contributed by atoms with Crippen LogP contribution in [-0.2, 0) is 19.1 Å². The van der Waals surface area contributed by atoms with Gasteiger partial charge in [-0.15, -0.1) is 0 Å². The summed E-state index contributed by atoms with van der Waals surface area (Å²) in [7, 11) is 6.27. The van der Waals surface area contributed by atoms with E-state index >= 15 is 0 Å². The van der Waals surface area contributed by atoms with Gasteiger partial charge in [0.05, 0.1) is 0 Å². The van der Waals surface area contributed by atoms with Gasteiger partial charge in [-0.3, -0.25) is 0 Å². The molecule has 2 aromatic rings. The van der Waals surface area contributed by atoms with Crippen LogP contribution in [-0.4, -0.2) is 107 Å². The third-order valence-electron chi connectivity index (χ3n) is 6.51. The Morgan fingerprint density at radius 2 is 1.21 bits per heavy atom. The van der Waals surface area contributed by atoms with Crippen molar-refractivity contribution in [2.24, 2.45) is 0 Å². The number of rotatable bonds is 5. The molecule has 0 saturated carbocycles. The number of nitrogens with zero attached hydrogens (tertiary/aromatic N) is 5. The van der Waals surface area contributed by atoms with Crippen LogP contribution in [0, 0.1) is 0 Å². The van der Waals surface area contributed by atoms with Crippen LogP contribution >= 0.6 is 33.9 Å². The Bertz CT molecular complexity index is 1220. The minimum absolute atomic E-state index is 0.0523. The number of piperidine rings is 2. The van der Waals surface area contributed by atoms with Crippen LogP contribution in [0.25, 0.3) is 0 Å². The quantitative estimate of drug-likeness (QED) is 0.387. The molecule has 0 amide bonds. The molecule has 0 spiro atoms. The molecule has 1 N–H and O–H groups in total. The van der Waals surface area contributed by atoms with Crippen LogP contribution in [0.5, 0.6) is 0 Å². The van der Waals surface area contributed by atoms with E-state index in [2.05, 4.69) is 39.2 Å². The summed E-state index contributed by atoms with van der Waals surface area (Å²) in [4.78, 5) is 12.0. The number of pyridine rings is 2. The summed E-state index contributed by atoms with van der Waals surface area (Å²) < 4.78 is 47.6. The highest BCUT2D eigenvalue weighted by Crippen LogP contribution is 2.22. The third-order valence-corrected chi connectivity index (χ3v) is 10.2. The van der Waals surface area contributed by atoms with Gasteiger partial charge in [-0.05, 0) is 91.2 Å². The van der Waals surface area contributed by atoms with Crippen LogP contribution in [0.3, 0.4) is 0 Å². The Morgan fingerprint density at radius 3 is 1.56 bits per heavy atom. The van der Waals surface area contributed by atoms with E-state index in [1.165, 1.54) is 60.7 Å². The molecule has 39 heavy (non-hydrogen) atoms. The molecule has 0 atom stereocenters. The Labute approximate surface area is 247 Å². The summed E-state index contributed by atoms with van der Waals surface area (Å²) in [6.07, 6.45) is 6.75. The van der Waals surface area contributed by atoms with Gasteiger partial charge in [-0.2, -0.15) is 4.31 Å². The highest BCUT2D eigenvalue weighted by atomic mass is 35.7. The van der Waals surface area contributed by atoms with Crippen LogP contribution in [0.15, 0.2) is 46.5 Å². The smallest absolute Gasteiger partial charge is 0.262 e. The maximum atomic E-state index is 12.4. The minimum atomic E-state index is -3.67. The molecule has 2 aromatic heterocycles. The second-order valence-corrected chi connectivity index (χ2v) is 14.9. The first-order chi connectivity index (χ1) is 18.2. The maximum absolute atomic E-state index is 12.4. The normalized spacial score (nSPS) is 17.8. The lowest BCUT2D eigenvalue weighted by atomic mass is 10.1. The summed E-state index contributed by atoms with van der Waals surface area (Å²) in [6.45, 7) is 3.49. The molecule has 0 radical (unpaired) electrons. The zero-order valence-corrected chi connectivity index (χ0v) is 26.5. The SMILES string of the molecule is CN(C)C1CCN(S(=O)(=O)c2ccc(Cl)nc2)CC1.CN(C)C1CCNCC1.O=S(=O)(Cl)c1ccc(Cl)nc1. The van der Waals surface area contributed by atoms with Crippen molar-refractivity contribution in [3.8, 4) is 0 Å². The van der Waals surface area contributed by atoms with E-state index in [-0.39, 0.29) is 14.9 Å². The van der Waals surface area contributed by atoms with Gasteiger partial charge in [0, 0.05) is 48.2 Å². The van der Waals surface area contributed by atoms with Crippen LogP contribution in [0.4, 0.5) is 0 Å². The topological polar surface area (TPSA) is 116 Å². The Kier molecular flexibility index (Phi) is 13.8. The number of sulfonamides is 1. The summed E-state index contributed by atoms with van der Waals surface area (Å²) in [5.41, 5.74) is 0. The molecule has 2 aliphatic rings. The van der Waals surface area contributed by atoms with Crippen molar-refractivity contribution < 1.29 is 16.8 Å². The van der Waals surface area contributed by atoms with E-state index in [0.29, 0.717) is 24.3 Å². The van der Waals surface area contributed by atoms with Gasteiger partial charge in [0.25, 0.3) is 9.05 Å². The number of halogens is 3. The van der Waals surface area contributed by atoms with Crippen molar-refractivity contribution in [3.63, 3.8) is 0 Å². The maximum Gasteiger partial charge on any atom is 0.262 e. The van der Waals surface area contributed by atoms with Crippen LogP contribution in [0.1, 0.15) is 25.7 Å². The first-order valence-corrected chi connectivity index (χ1v) is 16.9. The number of nitrogens with one attached hydrogen (secondary N) is 1. The van der Waals surface area contributed by atoms with Gasteiger partial charge < -0.3 is 15.1 Å². The minimum Gasteiger partial charge on any atom is -0.317 e. The molecular formula is C24H37Cl3N6O4S2. The Morgan fingerprint density at radius 1 is 0.769 bits per heavy atom. The van der Waals surface area contributed by atoms with Crippen LogP contribution in [0.2, 0.25) is 10.3 Å². The zero-order chi connectivity index (χ0) is 29.2. The molecule has 2 fully saturated rings. The van der Waals surface area contributed by atoms with Gasteiger partial charge in [-0.25, -0.2) is 26.8 Å².